The zero-order chi connectivity index (χ0) is 15.6. The Balaban J connectivity index is 2.30. The Morgan fingerprint density at radius 3 is 2.81 bits per heavy atom. The largest absolute Gasteiger partial charge is 0.355 e. The molecule has 2 aromatic rings. The van der Waals surface area contributed by atoms with E-state index in [-0.39, 0.29) is 11.5 Å². The number of nitrogens with one attached hydrogen (secondary N) is 2. The first kappa shape index (κ1) is 15.6. The molecule has 21 heavy (non-hydrogen) atoms. The molecule has 0 atom stereocenters. The second kappa shape index (κ2) is 6.34. The smallest absolute Gasteiger partial charge is 0.253 e. The molecule has 114 valence electrons. The van der Waals surface area contributed by atoms with Gasteiger partial charge in [0.05, 0.1) is 5.69 Å². The fraction of sp³-hybridized carbons (Fsp3) is 0.500. The molecule has 0 aliphatic rings. The number of fused-ring (bicyclic) bond motifs is 1. The van der Waals surface area contributed by atoms with Gasteiger partial charge in [0.2, 0.25) is 5.91 Å². The van der Waals surface area contributed by atoms with E-state index in [1.807, 2.05) is 13.8 Å². The summed E-state index contributed by atoms with van der Waals surface area (Å²) < 4.78 is 1.67. The standard InChI is InChI=1S/C14H20N4O2S/c1-8-10(4-5-11(19)15-6-7-21)14(20)16-13-12(8)9(2)17-18(13)3/h21H,4-7H2,1-3H3,(H,15,19)(H,16,20). The number of hydrogen-bond donors (Lipinski definition) is 3. The molecule has 0 saturated carbocycles. The number of H-pyrrole nitrogens is 1. The van der Waals surface area contributed by atoms with Gasteiger partial charge in [0.25, 0.3) is 5.56 Å². The summed E-state index contributed by atoms with van der Waals surface area (Å²) in [6.07, 6.45) is 0.715. The molecule has 7 heteroatoms. The van der Waals surface area contributed by atoms with Gasteiger partial charge in [-0.2, -0.15) is 17.7 Å². The number of hydrogen-bond acceptors (Lipinski definition) is 4. The highest BCUT2D eigenvalue weighted by Gasteiger charge is 2.15. The number of aryl methyl sites for hydroxylation is 3. The molecule has 1 amide bonds. The Kier molecular flexibility index (Phi) is 4.72. The average Bonchev–Trinajstić information content (AvgIpc) is 2.71. The van der Waals surface area contributed by atoms with E-state index >= 15 is 0 Å². The van der Waals surface area contributed by atoms with Crippen LogP contribution in [0.25, 0.3) is 11.0 Å². The summed E-state index contributed by atoms with van der Waals surface area (Å²) in [5.74, 6) is 0.539. The van der Waals surface area contributed by atoms with Crippen molar-refractivity contribution < 1.29 is 4.79 Å². The van der Waals surface area contributed by atoms with E-state index in [2.05, 4.69) is 28.0 Å². The Morgan fingerprint density at radius 2 is 2.14 bits per heavy atom. The lowest BCUT2D eigenvalue weighted by Gasteiger charge is -2.07. The number of carbonyl (C=O) groups is 1. The summed E-state index contributed by atoms with van der Waals surface area (Å²) in [7, 11) is 1.80. The Morgan fingerprint density at radius 1 is 1.43 bits per heavy atom. The van der Waals surface area contributed by atoms with Gasteiger partial charge in [-0.05, 0) is 25.8 Å². The van der Waals surface area contributed by atoms with Crippen LogP contribution < -0.4 is 10.9 Å². The molecule has 0 aliphatic carbocycles. The zero-order valence-corrected chi connectivity index (χ0v) is 13.4. The van der Waals surface area contributed by atoms with Crippen LogP contribution in [0.2, 0.25) is 0 Å². The molecule has 2 N–H and O–H groups in total. The lowest BCUT2D eigenvalue weighted by atomic mass is 10.0. The highest BCUT2D eigenvalue weighted by atomic mass is 32.1. The minimum Gasteiger partial charge on any atom is -0.355 e. The van der Waals surface area contributed by atoms with Crippen molar-refractivity contribution >= 4 is 29.6 Å². The lowest BCUT2D eigenvalue weighted by Crippen LogP contribution is -2.26. The molecule has 2 aromatic heterocycles. The van der Waals surface area contributed by atoms with Gasteiger partial charge in [-0.25, -0.2) is 0 Å². The number of amides is 1. The molecule has 2 heterocycles. The van der Waals surface area contributed by atoms with Crippen LogP contribution in [0.1, 0.15) is 23.2 Å². The maximum atomic E-state index is 12.2. The molecule has 0 unspecified atom stereocenters. The first-order chi connectivity index (χ1) is 9.95. The van der Waals surface area contributed by atoms with Crippen molar-refractivity contribution in [1.82, 2.24) is 20.1 Å². The lowest BCUT2D eigenvalue weighted by molar-refractivity contribution is -0.120. The van der Waals surface area contributed by atoms with E-state index in [9.17, 15) is 9.59 Å². The minimum atomic E-state index is -0.148. The van der Waals surface area contributed by atoms with Gasteiger partial charge < -0.3 is 10.3 Å². The van der Waals surface area contributed by atoms with Crippen molar-refractivity contribution in [2.75, 3.05) is 12.3 Å². The Hall–Kier alpha value is -1.76. The summed E-state index contributed by atoms with van der Waals surface area (Å²) in [6, 6.07) is 0. The summed E-state index contributed by atoms with van der Waals surface area (Å²) in [4.78, 5) is 26.7. The van der Waals surface area contributed by atoms with E-state index in [0.29, 0.717) is 30.7 Å². The molecule has 2 rings (SSSR count). The monoisotopic (exact) mass is 308 g/mol. The third kappa shape index (κ3) is 3.12. The van der Waals surface area contributed by atoms with Gasteiger partial charge in [-0.15, -0.1) is 0 Å². The number of aromatic nitrogens is 3. The molecule has 0 bridgehead atoms. The average molecular weight is 308 g/mol. The van der Waals surface area contributed by atoms with Crippen LogP contribution in [0.15, 0.2) is 4.79 Å². The van der Waals surface area contributed by atoms with Crippen LogP contribution in [0.4, 0.5) is 0 Å². The molecule has 0 fully saturated rings. The molecule has 0 aromatic carbocycles. The third-order valence-electron chi connectivity index (χ3n) is 3.59. The number of carbonyl (C=O) groups excluding carboxylic acids is 1. The first-order valence-corrected chi connectivity index (χ1v) is 7.51. The molecule has 6 nitrogen and oxygen atoms in total. The molecular formula is C14H20N4O2S. The van der Waals surface area contributed by atoms with Crippen molar-refractivity contribution in [2.45, 2.75) is 26.7 Å². The van der Waals surface area contributed by atoms with E-state index < -0.39 is 0 Å². The number of rotatable bonds is 5. The first-order valence-electron chi connectivity index (χ1n) is 6.88. The van der Waals surface area contributed by atoms with E-state index in [0.717, 1.165) is 22.3 Å². The van der Waals surface area contributed by atoms with Gasteiger partial charge in [-0.1, -0.05) is 0 Å². The maximum absolute atomic E-state index is 12.2. The van der Waals surface area contributed by atoms with Crippen molar-refractivity contribution in [2.24, 2.45) is 7.05 Å². The molecule has 0 spiro atoms. The van der Waals surface area contributed by atoms with Gasteiger partial charge in [0.1, 0.15) is 5.65 Å². The molecular weight excluding hydrogens is 288 g/mol. The van der Waals surface area contributed by atoms with Crippen molar-refractivity contribution in [3.8, 4) is 0 Å². The van der Waals surface area contributed by atoms with Crippen molar-refractivity contribution in [3.63, 3.8) is 0 Å². The predicted octanol–water partition coefficient (Wildman–Crippen LogP) is 0.857. The Bertz CT molecular complexity index is 733. The predicted molar refractivity (Wildman–Crippen MR) is 86.0 cm³/mol. The van der Waals surface area contributed by atoms with Crippen LogP contribution >= 0.6 is 12.6 Å². The van der Waals surface area contributed by atoms with Crippen molar-refractivity contribution in [1.29, 1.82) is 0 Å². The van der Waals surface area contributed by atoms with Gasteiger partial charge in [0.15, 0.2) is 0 Å². The molecule has 0 aliphatic heterocycles. The van der Waals surface area contributed by atoms with Crippen LogP contribution in [-0.2, 0) is 18.3 Å². The quantitative estimate of drug-likeness (QED) is 0.717. The van der Waals surface area contributed by atoms with E-state index in [4.69, 9.17) is 0 Å². The number of nitrogens with zero attached hydrogens (tertiary/aromatic N) is 2. The van der Waals surface area contributed by atoms with Crippen molar-refractivity contribution in [3.05, 3.63) is 27.2 Å². The van der Waals surface area contributed by atoms with Crippen LogP contribution in [-0.4, -0.2) is 33.0 Å². The number of pyridine rings is 1. The Labute approximate surface area is 128 Å². The molecule has 0 saturated heterocycles. The number of aromatic amines is 1. The minimum absolute atomic E-state index is 0.0640. The fourth-order valence-corrected chi connectivity index (χ4v) is 2.69. The van der Waals surface area contributed by atoms with Gasteiger partial charge >= 0.3 is 0 Å². The third-order valence-corrected chi connectivity index (χ3v) is 3.82. The summed E-state index contributed by atoms with van der Waals surface area (Å²) in [6.45, 7) is 4.36. The summed E-state index contributed by atoms with van der Waals surface area (Å²) >= 11 is 4.04. The highest BCUT2D eigenvalue weighted by Crippen LogP contribution is 2.21. The van der Waals surface area contributed by atoms with Crippen LogP contribution in [0.5, 0.6) is 0 Å². The summed E-state index contributed by atoms with van der Waals surface area (Å²) in [5, 5.41) is 8.04. The second-order valence-corrected chi connectivity index (χ2v) is 5.51. The van der Waals surface area contributed by atoms with Gasteiger partial charge in [-0.3, -0.25) is 14.3 Å². The summed E-state index contributed by atoms with van der Waals surface area (Å²) in [5.41, 5.74) is 3.01. The highest BCUT2D eigenvalue weighted by molar-refractivity contribution is 7.80. The van der Waals surface area contributed by atoms with E-state index in [1.165, 1.54) is 0 Å². The van der Waals surface area contributed by atoms with Crippen LogP contribution in [0.3, 0.4) is 0 Å². The van der Waals surface area contributed by atoms with Gasteiger partial charge in [0, 0.05) is 36.7 Å². The fourth-order valence-electron chi connectivity index (χ4n) is 2.58. The number of thiol groups is 1. The maximum Gasteiger partial charge on any atom is 0.253 e. The normalized spacial score (nSPS) is 11.0. The van der Waals surface area contributed by atoms with E-state index in [1.54, 1.807) is 11.7 Å². The van der Waals surface area contributed by atoms with Crippen LogP contribution in [0, 0.1) is 13.8 Å². The topological polar surface area (TPSA) is 79.8 Å². The second-order valence-electron chi connectivity index (χ2n) is 5.06. The SMILES string of the molecule is Cc1nn(C)c2[nH]c(=O)c(CCC(=O)NCCS)c(C)c12. The molecule has 0 radical (unpaired) electrons. The zero-order valence-electron chi connectivity index (χ0n) is 12.5.